The van der Waals surface area contributed by atoms with E-state index in [0.717, 1.165) is 6.92 Å². The summed E-state index contributed by atoms with van der Waals surface area (Å²) in [5, 5.41) is 7.42. The Morgan fingerprint density at radius 3 is 1.57 bits per heavy atom. The number of hydrogen-bond donors (Lipinski definition) is 1. The summed E-state index contributed by atoms with van der Waals surface area (Å²) in [5.74, 6) is -0.833. The van der Waals surface area contributed by atoms with Crippen LogP contribution in [0.15, 0.2) is 0 Å². The van der Waals surface area contributed by atoms with Crippen LogP contribution in [-0.4, -0.2) is 11.1 Å². The van der Waals surface area contributed by atoms with Gasteiger partial charge in [-0.2, -0.15) is 0 Å². The molecule has 35 valence electrons. The zero-order valence-corrected chi connectivity index (χ0v) is 9.91. The number of carbonyl (C=O) groups is 1. The second kappa shape index (κ2) is 15.7. The molecule has 0 aliphatic rings. The fraction of sp³-hybridized carbons (Fsp3) is 0.500. The zero-order chi connectivity index (χ0) is 3.58. The minimum atomic E-state index is -0.833. The Morgan fingerprint density at radius 1 is 1.57 bits per heavy atom. The first-order valence-corrected chi connectivity index (χ1v) is 0.928. The van der Waals surface area contributed by atoms with Crippen molar-refractivity contribution in [2.75, 3.05) is 0 Å². The van der Waals surface area contributed by atoms with E-state index in [-0.39, 0.29) is 79.0 Å². The summed E-state index contributed by atoms with van der Waals surface area (Å²) in [6, 6.07) is 0. The summed E-state index contributed by atoms with van der Waals surface area (Å²) in [4.78, 5) is 9.00. The molecule has 1 radical (unpaired) electrons. The Kier molecular flexibility index (Phi) is 51.6. The first-order valence-electron chi connectivity index (χ1n) is 0.928. The number of aliphatic carboxylic acids is 1. The van der Waals surface area contributed by atoms with Gasteiger partial charge in [0.25, 0.3) is 5.97 Å². The first kappa shape index (κ1) is 23.0. The average molecular weight is 163 g/mol. The number of rotatable bonds is 0. The molecule has 0 aromatic rings. The van der Waals surface area contributed by atoms with E-state index in [2.05, 4.69) is 0 Å². The van der Waals surface area contributed by atoms with Crippen LogP contribution in [0.4, 0.5) is 0 Å². The van der Waals surface area contributed by atoms with Gasteiger partial charge in [0.1, 0.15) is 0 Å². The van der Waals surface area contributed by atoms with Crippen LogP contribution in [0.3, 0.4) is 0 Å². The van der Waals surface area contributed by atoms with E-state index in [1.165, 1.54) is 0 Å². The van der Waals surface area contributed by atoms with Crippen LogP contribution in [0.25, 0.3) is 0 Å². The molecule has 0 aromatic heterocycles. The van der Waals surface area contributed by atoms with Crippen molar-refractivity contribution in [1.29, 1.82) is 0 Å². The molecule has 0 saturated carbocycles. The Morgan fingerprint density at radius 2 is 1.57 bits per heavy atom. The van der Waals surface area contributed by atoms with E-state index in [0.29, 0.717) is 0 Å². The average Bonchev–Trinajstić information content (AvgIpc) is 0.811. The van der Waals surface area contributed by atoms with Gasteiger partial charge in [0.2, 0.25) is 0 Å². The molecule has 0 aromatic carbocycles. The molecule has 0 fully saturated rings. The van der Waals surface area contributed by atoms with Crippen LogP contribution in [0.5, 0.6) is 0 Å². The molecular formula is C2H6MnNa2O2. The van der Waals surface area contributed by atoms with Gasteiger partial charge in [-0.05, 0) is 0 Å². The van der Waals surface area contributed by atoms with Crippen molar-refractivity contribution >= 4 is 5.97 Å². The zero-order valence-electron chi connectivity index (χ0n) is 6.73. The van der Waals surface area contributed by atoms with Crippen molar-refractivity contribution in [2.24, 2.45) is 0 Å². The Hall–Kier alpha value is 1.99. The summed E-state index contributed by atoms with van der Waals surface area (Å²) >= 11 is 0. The minimum absolute atomic E-state index is 0. The molecule has 7 heavy (non-hydrogen) atoms. The summed E-state index contributed by atoms with van der Waals surface area (Å²) in [7, 11) is 0. The maximum atomic E-state index is 9.00. The van der Waals surface area contributed by atoms with E-state index in [9.17, 15) is 0 Å². The molecule has 0 aliphatic heterocycles. The quantitative estimate of drug-likeness (QED) is 0.361. The summed E-state index contributed by atoms with van der Waals surface area (Å²) < 4.78 is 0. The van der Waals surface area contributed by atoms with E-state index < -0.39 is 5.97 Å². The molecule has 0 rings (SSSR count). The molecule has 0 atom stereocenters. The molecule has 0 aliphatic carbocycles. The Bertz CT molecular complexity index is 43.5. The summed E-state index contributed by atoms with van der Waals surface area (Å²) in [5.41, 5.74) is 0. The molecule has 2 nitrogen and oxygen atoms in total. The smallest absolute Gasteiger partial charge is 1.00 e. The minimum Gasteiger partial charge on any atom is -1.00 e. The second-order valence-corrected chi connectivity index (χ2v) is 0.519. The van der Waals surface area contributed by atoms with Crippen LogP contribution in [0.1, 0.15) is 9.78 Å². The van der Waals surface area contributed by atoms with E-state index >= 15 is 0 Å². The van der Waals surface area contributed by atoms with Gasteiger partial charge in [-0.1, -0.05) is 0 Å². The van der Waals surface area contributed by atoms with Crippen molar-refractivity contribution in [3.63, 3.8) is 0 Å². The van der Waals surface area contributed by atoms with Crippen LogP contribution >= 0.6 is 0 Å². The molecule has 0 heterocycles. The molecular weight excluding hydrogens is 157 g/mol. The van der Waals surface area contributed by atoms with Crippen molar-refractivity contribution in [3.8, 4) is 0 Å². The Balaban J connectivity index is -0.00000000450. The maximum absolute atomic E-state index is 9.00. The maximum Gasteiger partial charge on any atom is 1.00 e. The van der Waals surface area contributed by atoms with E-state index in [1.54, 1.807) is 0 Å². The van der Waals surface area contributed by atoms with Gasteiger partial charge >= 0.3 is 59.1 Å². The van der Waals surface area contributed by atoms with E-state index in [1.807, 2.05) is 0 Å². The van der Waals surface area contributed by atoms with Crippen LogP contribution in [-0.2, 0) is 21.9 Å². The molecule has 0 saturated heterocycles. The van der Waals surface area contributed by atoms with Crippen LogP contribution in [0, 0.1) is 0 Å². The molecule has 0 bridgehead atoms. The van der Waals surface area contributed by atoms with Crippen molar-refractivity contribution in [2.45, 2.75) is 6.92 Å². The molecule has 0 amide bonds. The normalized spacial score (nSPS) is 3.57. The van der Waals surface area contributed by atoms with Gasteiger partial charge in [-0.3, -0.25) is 4.79 Å². The van der Waals surface area contributed by atoms with Crippen molar-refractivity contribution < 1.29 is 88.9 Å². The van der Waals surface area contributed by atoms with Gasteiger partial charge in [-0.25, -0.2) is 0 Å². The van der Waals surface area contributed by atoms with Crippen molar-refractivity contribution in [3.05, 3.63) is 0 Å². The molecule has 5 heteroatoms. The topological polar surface area (TPSA) is 37.3 Å². The van der Waals surface area contributed by atoms with Gasteiger partial charge in [-0.15, -0.1) is 0 Å². The summed E-state index contributed by atoms with van der Waals surface area (Å²) in [6.45, 7) is 1.08. The second-order valence-electron chi connectivity index (χ2n) is 0.519. The number of carboxylic acid groups (broad SMARTS) is 1. The first-order chi connectivity index (χ1) is 1.73. The van der Waals surface area contributed by atoms with Gasteiger partial charge in [0, 0.05) is 24.0 Å². The van der Waals surface area contributed by atoms with Gasteiger partial charge < -0.3 is 7.96 Å². The third-order valence-corrected chi connectivity index (χ3v) is 0. The largest absolute Gasteiger partial charge is 1.00 e. The number of carboxylic acids is 1. The fourth-order valence-corrected chi connectivity index (χ4v) is 0. The predicted octanol–water partition coefficient (Wildman–Crippen LogP) is -5.68. The van der Waals surface area contributed by atoms with Crippen molar-refractivity contribution in [1.82, 2.24) is 0 Å². The SMILES string of the molecule is CC(=O)O.[H-].[H-].[Mn].[Na+].[Na+]. The van der Waals surface area contributed by atoms with E-state index in [4.69, 9.17) is 9.90 Å². The number of hydrogen-bond acceptors (Lipinski definition) is 1. The molecule has 0 unspecified atom stereocenters. The predicted molar refractivity (Wildman–Crippen MR) is 15.5 cm³/mol. The van der Waals surface area contributed by atoms with Crippen LogP contribution in [0.2, 0.25) is 0 Å². The third kappa shape index (κ3) is 72.4. The standard InChI is InChI=1S/C2H4O2.Mn.2Na.2H/c1-2(3)4;;;;;/h1H3,(H,3,4);;;;;/q;;2*+1;2*-1. The van der Waals surface area contributed by atoms with Crippen LogP contribution < -0.4 is 59.1 Å². The summed E-state index contributed by atoms with van der Waals surface area (Å²) in [6.07, 6.45) is 0. The fourth-order valence-electron chi connectivity index (χ4n) is 0. The Labute approximate surface area is 100 Å². The third-order valence-electron chi connectivity index (χ3n) is 0. The monoisotopic (exact) mass is 163 g/mol. The molecule has 1 N–H and O–H groups in total. The van der Waals surface area contributed by atoms with Gasteiger partial charge in [0.05, 0.1) is 0 Å². The molecule has 0 spiro atoms. The van der Waals surface area contributed by atoms with Gasteiger partial charge in [0.15, 0.2) is 0 Å².